The van der Waals surface area contributed by atoms with Gasteiger partial charge in [-0.1, -0.05) is 48.0 Å². The first-order valence-electron chi connectivity index (χ1n) is 8.12. The van der Waals surface area contributed by atoms with Crippen molar-refractivity contribution in [2.75, 3.05) is 0 Å². The van der Waals surface area contributed by atoms with Gasteiger partial charge in [0.15, 0.2) is 0 Å². The fourth-order valence-electron chi connectivity index (χ4n) is 3.30. The van der Waals surface area contributed by atoms with Crippen molar-refractivity contribution < 1.29 is 13.2 Å². The molecule has 0 bridgehead atoms. The van der Waals surface area contributed by atoms with E-state index in [1.165, 1.54) is 4.31 Å². The predicted octanol–water partition coefficient (Wildman–Crippen LogP) is 2.96. The minimum absolute atomic E-state index is 0.186. The van der Waals surface area contributed by atoms with E-state index in [-0.39, 0.29) is 10.9 Å². The molecule has 4 nitrogen and oxygen atoms in total. The lowest BCUT2D eigenvalue weighted by atomic mass is 10.0. The van der Waals surface area contributed by atoms with Gasteiger partial charge in [0.25, 0.3) is 0 Å². The fourth-order valence-corrected chi connectivity index (χ4v) is 5.11. The molecule has 1 aliphatic rings. The molecule has 0 aliphatic carbocycles. The lowest BCUT2D eigenvalue weighted by Gasteiger charge is -2.27. The number of aryl methyl sites for hydroxylation is 1. The standard InChI is InChI=1S/C19H21NO3S/c1-15-7-11-19(12-8-15)24(22,23)20-17(9-10-18(20)14-21)13-16-5-3-2-4-6-16/h2-8,11-12,14,17-18H,9-10,13H2,1H3/t17-,18+/m1/s1. The van der Waals surface area contributed by atoms with E-state index in [0.29, 0.717) is 19.3 Å². The van der Waals surface area contributed by atoms with Crippen molar-refractivity contribution in [3.05, 3.63) is 65.7 Å². The summed E-state index contributed by atoms with van der Waals surface area (Å²) in [5.41, 5.74) is 2.08. The third-order valence-corrected chi connectivity index (χ3v) is 6.54. The topological polar surface area (TPSA) is 54.5 Å². The van der Waals surface area contributed by atoms with Gasteiger partial charge in [0, 0.05) is 6.04 Å². The highest BCUT2D eigenvalue weighted by molar-refractivity contribution is 7.89. The number of rotatable bonds is 5. The number of nitrogens with zero attached hydrogens (tertiary/aromatic N) is 1. The largest absolute Gasteiger partial charge is 0.302 e. The van der Waals surface area contributed by atoms with Gasteiger partial charge in [0.05, 0.1) is 10.9 Å². The molecule has 3 rings (SSSR count). The van der Waals surface area contributed by atoms with Gasteiger partial charge in [0.2, 0.25) is 10.0 Å². The maximum Gasteiger partial charge on any atom is 0.243 e. The molecule has 0 radical (unpaired) electrons. The van der Waals surface area contributed by atoms with Crippen LogP contribution in [0.25, 0.3) is 0 Å². The molecule has 2 aromatic rings. The molecule has 0 unspecified atom stereocenters. The predicted molar refractivity (Wildman–Crippen MR) is 93.2 cm³/mol. The Hall–Kier alpha value is -1.98. The number of hydrogen-bond donors (Lipinski definition) is 0. The van der Waals surface area contributed by atoms with Crippen molar-refractivity contribution in [1.82, 2.24) is 4.31 Å². The summed E-state index contributed by atoms with van der Waals surface area (Å²) in [6, 6.07) is 15.8. The van der Waals surface area contributed by atoms with Gasteiger partial charge in [-0.2, -0.15) is 4.31 Å². The molecule has 1 saturated heterocycles. The molecular weight excluding hydrogens is 322 g/mol. The highest BCUT2D eigenvalue weighted by atomic mass is 32.2. The van der Waals surface area contributed by atoms with Crippen LogP contribution in [0.3, 0.4) is 0 Å². The molecule has 0 saturated carbocycles. The normalized spacial score (nSPS) is 21.7. The van der Waals surface area contributed by atoms with Crippen LogP contribution >= 0.6 is 0 Å². The maximum atomic E-state index is 13.1. The van der Waals surface area contributed by atoms with Gasteiger partial charge in [-0.25, -0.2) is 8.42 Å². The molecule has 5 heteroatoms. The Bertz CT molecular complexity index is 800. The summed E-state index contributed by atoms with van der Waals surface area (Å²) >= 11 is 0. The molecule has 0 N–H and O–H groups in total. The van der Waals surface area contributed by atoms with Crippen molar-refractivity contribution in [3.8, 4) is 0 Å². The first-order chi connectivity index (χ1) is 11.5. The average Bonchev–Trinajstić information content (AvgIpc) is 2.99. The SMILES string of the molecule is Cc1ccc(S(=O)(=O)N2[C@@H](Cc3ccccc3)CC[C@H]2C=O)cc1. The Morgan fingerprint density at radius 3 is 2.33 bits per heavy atom. The van der Waals surface area contributed by atoms with E-state index >= 15 is 0 Å². The van der Waals surface area contributed by atoms with Crippen molar-refractivity contribution in [3.63, 3.8) is 0 Å². The molecule has 1 aliphatic heterocycles. The number of carbonyl (C=O) groups is 1. The van der Waals surface area contributed by atoms with Crippen molar-refractivity contribution in [2.24, 2.45) is 0 Å². The van der Waals surface area contributed by atoms with E-state index in [2.05, 4.69) is 0 Å². The van der Waals surface area contributed by atoms with Gasteiger partial charge in [-0.05, 0) is 43.9 Å². The molecule has 0 spiro atoms. The molecule has 126 valence electrons. The Kier molecular flexibility index (Phi) is 4.83. The van der Waals surface area contributed by atoms with Crippen LogP contribution in [0.1, 0.15) is 24.0 Å². The van der Waals surface area contributed by atoms with E-state index in [4.69, 9.17) is 0 Å². The van der Waals surface area contributed by atoms with Crippen LogP contribution in [0, 0.1) is 6.92 Å². The lowest BCUT2D eigenvalue weighted by molar-refractivity contribution is -0.110. The Morgan fingerprint density at radius 1 is 1.04 bits per heavy atom. The Balaban J connectivity index is 1.94. The summed E-state index contributed by atoms with van der Waals surface area (Å²) in [5.74, 6) is 0. The van der Waals surface area contributed by atoms with Crippen molar-refractivity contribution in [1.29, 1.82) is 0 Å². The number of hydrogen-bond acceptors (Lipinski definition) is 3. The maximum absolute atomic E-state index is 13.1. The summed E-state index contributed by atoms with van der Waals surface area (Å²) < 4.78 is 27.6. The summed E-state index contributed by atoms with van der Waals surface area (Å²) in [6.45, 7) is 1.92. The zero-order valence-electron chi connectivity index (χ0n) is 13.6. The third kappa shape index (κ3) is 3.28. The fraction of sp³-hybridized carbons (Fsp3) is 0.316. The van der Waals surface area contributed by atoms with Gasteiger partial charge >= 0.3 is 0 Å². The highest BCUT2D eigenvalue weighted by Crippen LogP contribution is 2.32. The Morgan fingerprint density at radius 2 is 1.71 bits per heavy atom. The first-order valence-corrected chi connectivity index (χ1v) is 9.56. The monoisotopic (exact) mass is 343 g/mol. The summed E-state index contributed by atoms with van der Waals surface area (Å²) in [5, 5.41) is 0. The van der Waals surface area contributed by atoms with Crippen molar-refractivity contribution >= 4 is 16.3 Å². The van der Waals surface area contributed by atoms with Gasteiger partial charge < -0.3 is 4.79 Å². The quantitative estimate of drug-likeness (QED) is 0.784. The van der Waals surface area contributed by atoms with Crippen LogP contribution < -0.4 is 0 Å². The molecule has 24 heavy (non-hydrogen) atoms. The van der Waals surface area contributed by atoms with Crippen LogP contribution in [0.2, 0.25) is 0 Å². The third-order valence-electron chi connectivity index (χ3n) is 4.55. The van der Waals surface area contributed by atoms with Crippen LogP contribution in [-0.4, -0.2) is 31.1 Å². The molecule has 0 amide bonds. The van der Waals surface area contributed by atoms with E-state index in [0.717, 1.165) is 17.4 Å². The molecular formula is C19H21NO3S. The van der Waals surface area contributed by atoms with E-state index in [1.54, 1.807) is 24.3 Å². The zero-order valence-corrected chi connectivity index (χ0v) is 14.4. The minimum Gasteiger partial charge on any atom is -0.302 e. The summed E-state index contributed by atoms with van der Waals surface area (Å²) in [6.07, 6.45) is 2.66. The highest BCUT2D eigenvalue weighted by Gasteiger charge is 2.42. The van der Waals surface area contributed by atoms with Crippen LogP contribution in [0.5, 0.6) is 0 Å². The average molecular weight is 343 g/mol. The Labute approximate surface area is 143 Å². The number of carbonyl (C=O) groups excluding carboxylic acids is 1. The number of sulfonamides is 1. The smallest absolute Gasteiger partial charge is 0.243 e. The van der Waals surface area contributed by atoms with Crippen LogP contribution in [0.4, 0.5) is 0 Å². The molecule has 0 aromatic heterocycles. The summed E-state index contributed by atoms with van der Waals surface area (Å²) in [4.78, 5) is 11.7. The molecule has 2 aromatic carbocycles. The van der Waals surface area contributed by atoms with Gasteiger partial charge in [0.1, 0.15) is 6.29 Å². The van der Waals surface area contributed by atoms with Gasteiger partial charge in [-0.15, -0.1) is 0 Å². The van der Waals surface area contributed by atoms with Gasteiger partial charge in [-0.3, -0.25) is 0 Å². The number of benzene rings is 2. The zero-order chi connectivity index (χ0) is 17.2. The summed E-state index contributed by atoms with van der Waals surface area (Å²) in [7, 11) is -3.68. The van der Waals surface area contributed by atoms with E-state index < -0.39 is 16.1 Å². The molecule has 1 heterocycles. The van der Waals surface area contributed by atoms with Crippen LogP contribution in [-0.2, 0) is 21.2 Å². The number of aldehydes is 1. The van der Waals surface area contributed by atoms with E-state index in [1.807, 2.05) is 37.3 Å². The van der Waals surface area contributed by atoms with Crippen molar-refractivity contribution in [2.45, 2.75) is 43.2 Å². The molecule has 1 fully saturated rings. The lowest BCUT2D eigenvalue weighted by Crippen LogP contribution is -2.42. The van der Waals surface area contributed by atoms with E-state index in [9.17, 15) is 13.2 Å². The first kappa shape index (κ1) is 16.9. The second-order valence-corrected chi connectivity index (χ2v) is 8.12. The van der Waals surface area contributed by atoms with Crippen LogP contribution in [0.15, 0.2) is 59.5 Å². The minimum atomic E-state index is -3.68. The molecule has 2 atom stereocenters. The second-order valence-electron chi connectivity index (χ2n) is 6.27. The second kappa shape index (κ2) is 6.87.